The SMILES string of the molecule is O=C(O)C1CCCC(C(=O)NCC2CCSCC2)C1. The zero-order chi connectivity index (χ0) is 13.7. The van der Waals surface area contributed by atoms with Crippen LogP contribution in [-0.2, 0) is 9.59 Å². The summed E-state index contributed by atoms with van der Waals surface area (Å²) in [6.07, 6.45) is 5.31. The lowest BCUT2D eigenvalue weighted by atomic mass is 9.81. The summed E-state index contributed by atoms with van der Waals surface area (Å²) < 4.78 is 0. The average molecular weight is 285 g/mol. The molecule has 1 aliphatic carbocycles. The molecule has 2 aliphatic rings. The number of nitrogens with one attached hydrogen (secondary N) is 1. The number of carbonyl (C=O) groups excluding carboxylic acids is 1. The van der Waals surface area contributed by atoms with Crippen molar-refractivity contribution < 1.29 is 14.7 Å². The van der Waals surface area contributed by atoms with Crippen molar-refractivity contribution in [2.24, 2.45) is 17.8 Å². The van der Waals surface area contributed by atoms with Gasteiger partial charge in [-0.15, -0.1) is 0 Å². The molecule has 2 N–H and O–H groups in total. The van der Waals surface area contributed by atoms with E-state index >= 15 is 0 Å². The Morgan fingerprint density at radius 3 is 2.47 bits per heavy atom. The van der Waals surface area contributed by atoms with Gasteiger partial charge in [-0.05, 0) is 49.5 Å². The standard InChI is InChI=1S/C14H23NO3S/c16-13(15-9-10-4-6-19-7-5-10)11-2-1-3-12(8-11)14(17)18/h10-12H,1-9H2,(H,15,16)(H,17,18). The summed E-state index contributed by atoms with van der Waals surface area (Å²) in [7, 11) is 0. The van der Waals surface area contributed by atoms with Crippen molar-refractivity contribution in [2.75, 3.05) is 18.1 Å². The van der Waals surface area contributed by atoms with Crippen molar-refractivity contribution in [3.05, 3.63) is 0 Å². The number of carboxylic acids is 1. The zero-order valence-corrected chi connectivity index (χ0v) is 12.1. The van der Waals surface area contributed by atoms with Gasteiger partial charge in [0.15, 0.2) is 0 Å². The molecule has 1 amide bonds. The maximum Gasteiger partial charge on any atom is 0.306 e. The van der Waals surface area contributed by atoms with E-state index in [1.165, 1.54) is 24.3 Å². The normalized spacial score (nSPS) is 28.8. The molecule has 19 heavy (non-hydrogen) atoms. The summed E-state index contributed by atoms with van der Waals surface area (Å²) in [4.78, 5) is 23.1. The Hall–Kier alpha value is -0.710. The van der Waals surface area contributed by atoms with Gasteiger partial charge in [0.25, 0.3) is 0 Å². The largest absolute Gasteiger partial charge is 0.481 e. The van der Waals surface area contributed by atoms with Crippen LogP contribution in [0.2, 0.25) is 0 Å². The predicted octanol–water partition coefficient (Wildman–Crippen LogP) is 2.14. The van der Waals surface area contributed by atoms with Crippen LogP contribution in [-0.4, -0.2) is 35.0 Å². The lowest BCUT2D eigenvalue weighted by Gasteiger charge is -2.27. The smallest absolute Gasteiger partial charge is 0.306 e. The van der Waals surface area contributed by atoms with Gasteiger partial charge in [0, 0.05) is 12.5 Å². The molecular weight excluding hydrogens is 262 g/mol. The molecule has 1 saturated heterocycles. The van der Waals surface area contributed by atoms with Crippen molar-refractivity contribution in [1.29, 1.82) is 0 Å². The summed E-state index contributed by atoms with van der Waals surface area (Å²) in [6.45, 7) is 0.771. The number of thioether (sulfide) groups is 1. The van der Waals surface area contributed by atoms with Gasteiger partial charge in [-0.1, -0.05) is 6.42 Å². The van der Waals surface area contributed by atoms with E-state index in [-0.39, 0.29) is 17.7 Å². The zero-order valence-electron chi connectivity index (χ0n) is 11.3. The Balaban J connectivity index is 1.74. The van der Waals surface area contributed by atoms with Gasteiger partial charge in [-0.25, -0.2) is 0 Å². The van der Waals surface area contributed by atoms with Crippen molar-refractivity contribution in [1.82, 2.24) is 5.32 Å². The maximum absolute atomic E-state index is 12.1. The fourth-order valence-electron chi connectivity index (χ4n) is 2.99. The summed E-state index contributed by atoms with van der Waals surface area (Å²) in [5.74, 6) is 1.93. The minimum Gasteiger partial charge on any atom is -0.481 e. The van der Waals surface area contributed by atoms with Crippen LogP contribution < -0.4 is 5.32 Å². The molecule has 1 saturated carbocycles. The number of rotatable bonds is 4. The number of aliphatic carboxylic acids is 1. The molecule has 2 atom stereocenters. The van der Waals surface area contributed by atoms with Crippen LogP contribution in [0.5, 0.6) is 0 Å². The number of amides is 1. The van der Waals surface area contributed by atoms with Gasteiger partial charge in [-0.3, -0.25) is 9.59 Å². The maximum atomic E-state index is 12.1. The van der Waals surface area contributed by atoms with E-state index in [4.69, 9.17) is 5.11 Å². The molecule has 0 radical (unpaired) electrons. The molecule has 1 heterocycles. The number of carbonyl (C=O) groups is 2. The molecule has 0 aromatic heterocycles. The Bertz CT molecular complexity index is 329. The molecule has 108 valence electrons. The lowest BCUT2D eigenvalue weighted by molar-refractivity contribution is -0.144. The third kappa shape index (κ3) is 4.41. The van der Waals surface area contributed by atoms with E-state index in [9.17, 15) is 9.59 Å². The highest BCUT2D eigenvalue weighted by Crippen LogP contribution is 2.29. The minimum atomic E-state index is -0.748. The first kappa shape index (κ1) is 14.7. The molecule has 0 aromatic carbocycles. The first-order valence-corrected chi connectivity index (χ1v) is 8.40. The number of hydrogen-bond acceptors (Lipinski definition) is 3. The molecule has 5 heteroatoms. The summed E-state index contributed by atoms with van der Waals surface area (Å²) in [5.41, 5.74) is 0. The van der Waals surface area contributed by atoms with Crippen LogP contribution in [0.15, 0.2) is 0 Å². The first-order valence-electron chi connectivity index (χ1n) is 7.25. The van der Waals surface area contributed by atoms with E-state index < -0.39 is 5.97 Å². The predicted molar refractivity (Wildman–Crippen MR) is 76.1 cm³/mol. The van der Waals surface area contributed by atoms with Crippen LogP contribution in [0.3, 0.4) is 0 Å². The molecule has 0 aromatic rings. The minimum absolute atomic E-state index is 0.0733. The van der Waals surface area contributed by atoms with Crippen molar-refractivity contribution in [2.45, 2.75) is 38.5 Å². The van der Waals surface area contributed by atoms with Gasteiger partial charge < -0.3 is 10.4 Å². The van der Waals surface area contributed by atoms with Crippen LogP contribution >= 0.6 is 11.8 Å². The average Bonchev–Trinajstić information content (AvgIpc) is 2.46. The van der Waals surface area contributed by atoms with Crippen molar-refractivity contribution in [3.63, 3.8) is 0 Å². The van der Waals surface area contributed by atoms with E-state index in [0.29, 0.717) is 12.3 Å². The lowest BCUT2D eigenvalue weighted by Crippen LogP contribution is -2.38. The highest BCUT2D eigenvalue weighted by atomic mass is 32.2. The molecule has 4 nitrogen and oxygen atoms in total. The number of hydrogen-bond donors (Lipinski definition) is 2. The van der Waals surface area contributed by atoms with Gasteiger partial charge in [-0.2, -0.15) is 11.8 Å². The van der Waals surface area contributed by atoms with Crippen LogP contribution in [0.4, 0.5) is 0 Å². The Labute approximate surface area is 118 Å². The molecule has 2 rings (SSSR count). The van der Waals surface area contributed by atoms with Gasteiger partial charge >= 0.3 is 5.97 Å². The fourth-order valence-corrected chi connectivity index (χ4v) is 4.20. The highest BCUT2D eigenvalue weighted by molar-refractivity contribution is 7.99. The van der Waals surface area contributed by atoms with Gasteiger partial charge in [0.05, 0.1) is 5.92 Å². The Morgan fingerprint density at radius 1 is 1.11 bits per heavy atom. The first-order chi connectivity index (χ1) is 9.16. The quantitative estimate of drug-likeness (QED) is 0.830. The van der Waals surface area contributed by atoms with Crippen molar-refractivity contribution >= 4 is 23.6 Å². The van der Waals surface area contributed by atoms with E-state index in [2.05, 4.69) is 5.32 Å². The number of carboxylic acid groups (broad SMARTS) is 1. The highest BCUT2D eigenvalue weighted by Gasteiger charge is 2.31. The van der Waals surface area contributed by atoms with Gasteiger partial charge in [0.2, 0.25) is 5.91 Å². The van der Waals surface area contributed by atoms with E-state index in [1.807, 2.05) is 11.8 Å². The summed E-state index contributed by atoms with van der Waals surface area (Å²) in [6, 6.07) is 0. The van der Waals surface area contributed by atoms with Gasteiger partial charge in [0.1, 0.15) is 0 Å². The topological polar surface area (TPSA) is 66.4 Å². The molecule has 0 bridgehead atoms. The Kier molecular flexibility index (Phi) is 5.55. The van der Waals surface area contributed by atoms with Crippen LogP contribution in [0.1, 0.15) is 38.5 Å². The van der Waals surface area contributed by atoms with E-state index in [0.717, 1.165) is 25.8 Å². The van der Waals surface area contributed by atoms with Crippen molar-refractivity contribution in [3.8, 4) is 0 Å². The van der Waals surface area contributed by atoms with E-state index in [1.54, 1.807) is 0 Å². The molecule has 2 fully saturated rings. The second kappa shape index (κ2) is 7.17. The Morgan fingerprint density at radius 2 is 1.79 bits per heavy atom. The molecular formula is C14H23NO3S. The third-order valence-corrected chi connectivity index (χ3v) is 5.35. The molecule has 2 unspecified atom stereocenters. The summed E-state index contributed by atoms with van der Waals surface area (Å²) in [5, 5.41) is 12.1. The van der Waals surface area contributed by atoms with Crippen LogP contribution in [0.25, 0.3) is 0 Å². The monoisotopic (exact) mass is 285 g/mol. The molecule has 0 spiro atoms. The summed E-state index contributed by atoms with van der Waals surface area (Å²) >= 11 is 1.99. The second-order valence-electron chi connectivity index (χ2n) is 5.70. The third-order valence-electron chi connectivity index (χ3n) is 4.30. The molecule has 1 aliphatic heterocycles. The second-order valence-corrected chi connectivity index (χ2v) is 6.92. The fraction of sp³-hybridized carbons (Fsp3) is 0.857. The van der Waals surface area contributed by atoms with Crippen LogP contribution in [0, 0.1) is 17.8 Å².